The van der Waals surface area contributed by atoms with Crippen molar-refractivity contribution in [3.05, 3.63) is 70.4 Å². The lowest BCUT2D eigenvalue weighted by molar-refractivity contribution is -0.132. The topological polar surface area (TPSA) is 69.6 Å². The molecule has 0 saturated heterocycles. The number of hydrogen-bond donors (Lipinski definition) is 2. The van der Waals surface area contributed by atoms with Crippen molar-refractivity contribution >= 4 is 35.2 Å². The maximum absolute atomic E-state index is 12.2. The van der Waals surface area contributed by atoms with Crippen molar-refractivity contribution in [2.24, 2.45) is 0 Å². The highest BCUT2D eigenvalue weighted by molar-refractivity contribution is 6.34. The van der Waals surface area contributed by atoms with E-state index in [-0.39, 0.29) is 16.3 Å². The summed E-state index contributed by atoms with van der Waals surface area (Å²) in [6.45, 7) is 0. The Labute approximate surface area is 145 Å². The number of amides is 1. The molecular weight excluding hydrogens is 328 g/mol. The predicted octanol–water partition coefficient (Wildman–Crippen LogP) is 3.26. The fourth-order valence-corrected chi connectivity index (χ4v) is 2.24. The highest BCUT2D eigenvalue weighted by Gasteiger charge is 2.15. The molecule has 0 unspecified atom stereocenters. The van der Waals surface area contributed by atoms with Crippen LogP contribution in [0, 0.1) is 0 Å². The van der Waals surface area contributed by atoms with Crippen LogP contribution in [-0.4, -0.2) is 31.1 Å². The molecule has 0 heterocycles. The van der Waals surface area contributed by atoms with Gasteiger partial charge in [0.25, 0.3) is 5.91 Å². The molecule has 0 saturated carbocycles. The van der Waals surface area contributed by atoms with Gasteiger partial charge in [0.1, 0.15) is 5.70 Å². The van der Waals surface area contributed by atoms with Crippen LogP contribution in [0.4, 0.5) is 5.69 Å². The van der Waals surface area contributed by atoms with E-state index in [9.17, 15) is 14.7 Å². The van der Waals surface area contributed by atoms with Crippen molar-refractivity contribution in [1.29, 1.82) is 0 Å². The van der Waals surface area contributed by atoms with Crippen molar-refractivity contribution in [2.75, 3.05) is 19.0 Å². The third-order valence-corrected chi connectivity index (χ3v) is 3.65. The molecule has 0 atom stereocenters. The lowest BCUT2D eigenvalue weighted by Crippen LogP contribution is -2.27. The largest absolute Gasteiger partial charge is 0.477 e. The van der Waals surface area contributed by atoms with E-state index < -0.39 is 11.9 Å². The first-order chi connectivity index (χ1) is 11.4. The Kier molecular flexibility index (Phi) is 5.60. The minimum atomic E-state index is -1.23. The Morgan fingerprint density at radius 2 is 1.71 bits per heavy atom. The van der Waals surface area contributed by atoms with Crippen LogP contribution in [0.25, 0.3) is 6.08 Å². The number of benzene rings is 2. The highest BCUT2D eigenvalue weighted by Crippen LogP contribution is 2.17. The van der Waals surface area contributed by atoms with E-state index in [0.29, 0.717) is 5.56 Å². The summed E-state index contributed by atoms with van der Waals surface area (Å²) in [4.78, 5) is 25.5. The molecule has 0 aliphatic carbocycles. The number of nitrogens with zero attached hydrogens (tertiary/aromatic N) is 1. The van der Waals surface area contributed by atoms with Crippen LogP contribution in [0.2, 0.25) is 5.02 Å². The zero-order valence-corrected chi connectivity index (χ0v) is 14.0. The third-order valence-electron chi connectivity index (χ3n) is 3.32. The van der Waals surface area contributed by atoms with E-state index in [1.165, 1.54) is 12.1 Å². The van der Waals surface area contributed by atoms with E-state index in [4.69, 9.17) is 11.6 Å². The maximum atomic E-state index is 12.2. The molecule has 1 amide bonds. The van der Waals surface area contributed by atoms with E-state index in [1.807, 2.05) is 31.1 Å². The quantitative estimate of drug-likeness (QED) is 0.817. The van der Waals surface area contributed by atoms with E-state index >= 15 is 0 Å². The summed E-state index contributed by atoms with van der Waals surface area (Å²) < 4.78 is 0. The van der Waals surface area contributed by atoms with Gasteiger partial charge in [-0.05, 0) is 35.9 Å². The molecule has 0 aromatic heterocycles. The second-order valence-electron chi connectivity index (χ2n) is 5.28. The number of carbonyl (C=O) groups excluding carboxylic acids is 1. The molecule has 2 rings (SSSR count). The molecule has 2 N–H and O–H groups in total. The molecule has 2 aromatic carbocycles. The number of halogens is 1. The zero-order valence-electron chi connectivity index (χ0n) is 13.3. The summed E-state index contributed by atoms with van der Waals surface area (Å²) in [6.07, 6.45) is 1.40. The number of rotatable bonds is 5. The van der Waals surface area contributed by atoms with Crippen LogP contribution in [-0.2, 0) is 4.79 Å². The molecular formula is C18H17ClN2O3. The van der Waals surface area contributed by atoms with Crippen LogP contribution in [0.5, 0.6) is 0 Å². The van der Waals surface area contributed by atoms with Gasteiger partial charge >= 0.3 is 5.97 Å². The molecule has 5 nitrogen and oxygen atoms in total. The maximum Gasteiger partial charge on any atom is 0.352 e. The van der Waals surface area contributed by atoms with Gasteiger partial charge in [0.2, 0.25) is 0 Å². The average Bonchev–Trinajstić information content (AvgIpc) is 2.54. The number of carboxylic acid groups (broad SMARTS) is 1. The highest BCUT2D eigenvalue weighted by atomic mass is 35.5. The number of nitrogens with one attached hydrogen (secondary N) is 1. The van der Waals surface area contributed by atoms with Gasteiger partial charge in [-0.1, -0.05) is 35.9 Å². The lowest BCUT2D eigenvalue weighted by Gasteiger charge is -2.12. The van der Waals surface area contributed by atoms with Crippen LogP contribution >= 0.6 is 11.6 Å². The number of carboxylic acids is 1. The fraction of sp³-hybridized carbons (Fsp3) is 0.111. The second-order valence-corrected chi connectivity index (χ2v) is 5.69. The summed E-state index contributed by atoms with van der Waals surface area (Å²) in [5.74, 6) is -1.80. The first-order valence-electron chi connectivity index (χ1n) is 7.16. The van der Waals surface area contributed by atoms with Gasteiger partial charge in [-0.15, -0.1) is 0 Å². The van der Waals surface area contributed by atoms with Crippen molar-refractivity contribution in [3.63, 3.8) is 0 Å². The summed E-state index contributed by atoms with van der Waals surface area (Å²) in [5, 5.41) is 12.0. The second kappa shape index (κ2) is 7.66. The minimum Gasteiger partial charge on any atom is -0.477 e. The van der Waals surface area contributed by atoms with Gasteiger partial charge in [-0.25, -0.2) is 4.79 Å². The average molecular weight is 345 g/mol. The van der Waals surface area contributed by atoms with Gasteiger partial charge in [-0.3, -0.25) is 4.79 Å². The van der Waals surface area contributed by atoms with E-state index in [2.05, 4.69) is 5.32 Å². The normalized spacial score (nSPS) is 11.0. The van der Waals surface area contributed by atoms with Crippen molar-refractivity contribution in [1.82, 2.24) is 5.32 Å². The number of carbonyl (C=O) groups is 2. The lowest BCUT2D eigenvalue weighted by atomic mass is 10.1. The molecule has 124 valence electrons. The van der Waals surface area contributed by atoms with Gasteiger partial charge in [-0.2, -0.15) is 0 Å². The fourth-order valence-electron chi connectivity index (χ4n) is 2.02. The molecule has 0 fully saturated rings. The van der Waals surface area contributed by atoms with Crippen molar-refractivity contribution < 1.29 is 14.7 Å². The van der Waals surface area contributed by atoms with E-state index in [1.54, 1.807) is 30.3 Å². The summed E-state index contributed by atoms with van der Waals surface area (Å²) >= 11 is 5.96. The van der Waals surface area contributed by atoms with Crippen molar-refractivity contribution in [2.45, 2.75) is 0 Å². The number of anilines is 1. The van der Waals surface area contributed by atoms with Crippen LogP contribution in [0.15, 0.2) is 54.2 Å². The molecule has 0 spiro atoms. The van der Waals surface area contributed by atoms with Crippen molar-refractivity contribution in [3.8, 4) is 0 Å². The molecule has 6 heteroatoms. The molecule has 0 bridgehead atoms. The summed E-state index contributed by atoms with van der Waals surface area (Å²) in [7, 11) is 3.83. The van der Waals surface area contributed by atoms with Crippen LogP contribution in [0.1, 0.15) is 15.9 Å². The number of hydrogen-bond acceptors (Lipinski definition) is 3. The van der Waals surface area contributed by atoms with Gasteiger partial charge in [0.05, 0.1) is 10.6 Å². The molecule has 0 radical (unpaired) electrons. The molecule has 0 aliphatic heterocycles. The first-order valence-corrected chi connectivity index (χ1v) is 7.54. The Bertz CT molecular complexity index is 783. The van der Waals surface area contributed by atoms with Gasteiger partial charge in [0, 0.05) is 19.8 Å². The first kappa shape index (κ1) is 17.6. The molecule has 0 aliphatic rings. The zero-order chi connectivity index (χ0) is 17.7. The standard InChI is InChI=1S/C18H17ClN2O3/c1-21(2)13-9-7-12(8-10-13)11-16(18(23)24)20-17(22)14-5-3-4-6-15(14)19/h3-11H,1-2H3,(H,20,22)(H,23,24)/b16-11+. The molecule has 2 aromatic rings. The van der Waals surface area contributed by atoms with Crippen LogP contribution in [0.3, 0.4) is 0 Å². The van der Waals surface area contributed by atoms with Gasteiger partial charge in [0.15, 0.2) is 0 Å². The van der Waals surface area contributed by atoms with Crippen LogP contribution < -0.4 is 10.2 Å². The predicted molar refractivity (Wildman–Crippen MR) is 95.3 cm³/mol. The number of aliphatic carboxylic acids is 1. The Morgan fingerprint density at radius 3 is 2.25 bits per heavy atom. The Morgan fingerprint density at radius 1 is 1.08 bits per heavy atom. The van der Waals surface area contributed by atoms with E-state index in [0.717, 1.165) is 5.69 Å². The Hall–Kier alpha value is -2.79. The van der Waals surface area contributed by atoms with Gasteiger partial charge < -0.3 is 15.3 Å². The molecule has 24 heavy (non-hydrogen) atoms. The minimum absolute atomic E-state index is 0.217. The monoisotopic (exact) mass is 344 g/mol. The Balaban J connectivity index is 2.24. The smallest absolute Gasteiger partial charge is 0.352 e. The summed E-state index contributed by atoms with van der Waals surface area (Å²) in [6, 6.07) is 13.7. The SMILES string of the molecule is CN(C)c1ccc(/C=C(/NC(=O)c2ccccc2Cl)C(=O)O)cc1. The third kappa shape index (κ3) is 4.36. The summed E-state index contributed by atoms with van der Waals surface area (Å²) in [5.41, 5.74) is 1.65.